The van der Waals surface area contributed by atoms with Crippen molar-refractivity contribution in [3.63, 3.8) is 0 Å². The third kappa shape index (κ3) is 6.25. The Morgan fingerprint density at radius 2 is 1.87 bits per heavy atom. The summed E-state index contributed by atoms with van der Waals surface area (Å²) in [5.74, 6) is 3.34. The van der Waals surface area contributed by atoms with Crippen LogP contribution in [-0.4, -0.2) is 94.3 Å². The fourth-order valence-corrected chi connectivity index (χ4v) is 4.42. The SMILES string of the molecule is CCNC(=NCC1CCCN(C)C1)N1CCN(Cc2ccc(OC)c(OC)c2)CC1. The van der Waals surface area contributed by atoms with Crippen molar-refractivity contribution in [1.82, 2.24) is 20.0 Å². The summed E-state index contributed by atoms with van der Waals surface area (Å²) in [4.78, 5) is 12.4. The van der Waals surface area contributed by atoms with Crippen LogP contribution in [0.5, 0.6) is 11.5 Å². The maximum absolute atomic E-state index is 5.45. The topological polar surface area (TPSA) is 52.6 Å². The molecule has 2 aliphatic rings. The number of guanidine groups is 1. The first kappa shape index (κ1) is 22.7. The molecule has 2 fully saturated rings. The highest BCUT2D eigenvalue weighted by Crippen LogP contribution is 2.28. The Kier molecular flexibility index (Phi) is 8.63. The van der Waals surface area contributed by atoms with Crippen molar-refractivity contribution in [2.75, 3.05) is 73.6 Å². The predicted molar refractivity (Wildman–Crippen MR) is 123 cm³/mol. The lowest BCUT2D eigenvalue weighted by molar-refractivity contribution is 0.171. The van der Waals surface area contributed by atoms with Gasteiger partial charge in [0.15, 0.2) is 17.5 Å². The van der Waals surface area contributed by atoms with Crippen LogP contribution in [0.4, 0.5) is 0 Å². The Labute approximate surface area is 182 Å². The summed E-state index contributed by atoms with van der Waals surface area (Å²) in [7, 11) is 5.58. The molecule has 0 aliphatic carbocycles. The number of benzene rings is 1. The quantitative estimate of drug-likeness (QED) is 0.542. The van der Waals surface area contributed by atoms with Crippen molar-refractivity contribution >= 4 is 5.96 Å². The molecule has 1 N–H and O–H groups in total. The smallest absolute Gasteiger partial charge is 0.194 e. The molecule has 2 saturated heterocycles. The molecule has 168 valence electrons. The Morgan fingerprint density at radius 1 is 1.10 bits per heavy atom. The summed E-state index contributed by atoms with van der Waals surface area (Å²) in [6, 6.07) is 6.20. The van der Waals surface area contributed by atoms with E-state index in [2.05, 4.69) is 46.1 Å². The van der Waals surface area contributed by atoms with Crippen LogP contribution in [0.15, 0.2) is 23.2 Å². The number of likely N-dealkylation sites (tertiary alicyclic amines) is 1. The van der Waals surface area contributed by atoms with E-state index in [1.807, 2.05) is 6.07 Å². The van der Waals surface area contributed by atoms with Crippen molar-refractivity contribution in [2.45, 2.75) is 26.3 Å². The molecule has 2 aliphatic heterocycles. The molecule has 7 heteroatoms. The number of nitrogens with zero attached hydrogens (tertiary/aromatic N) is 4. The van der Waals surface area contributed by atoms with Gasteiger partial charge in [0, 0.05) is 52.4 Å². The van der Waals surface area contributed by atoms with E-state index in [9.17, 15) is 0 Å². The first-order valence-electron chi connectivity index (χ1n) is 11.3. The summed E-state index contributed by atoms with van der Waals surface area (Å²) in [6.45, 7) is 11.4. The second kappa shape index (κ2) is 11.4. The van der Waals surface area contributed by atoms with Crippen molar-refractivity contribution in [3.05, 3.63) is 23.8 Å². The molecule has 0 saturated carbocycles. The van der Waals surface area contributed by atoms with Gasteiger partial charge in [-0.3, -0.25) is 9.89 Å². The number of piperidine rings is 1. The number of nitrogens with one attached hydrogen (secondary N) is 1. The average Bonchev–Trinajstić information content (AvgIpc) is 2.77. The first-order chi connectivity index (χ1) is 14.6. The molecule has 3 rings (SSSR count). The van der Waals surface area contributed by atoms with Crippen LogP contribution in [0.1, 0.15) is 25.3 Å². The fraction of sp³-hybridized carbons (Fsp3) is 0.696. The summed E-state index contributed by atoms with van der Waals surface area (Å²) in [6.07, 6.45) is 2.59. The van der Waals surface area contributed by atoms with Gasteiger partial charge in [-0.2, -0.15) is 0 Å². The predicted octanol–water partition coefficient (Wildman–Crippen LogP) is 2.13. The largest absolute Gasteiger partial charge is 0.493 e. The highest BCUT2D eigenvalue weighted by Gasteiger charge is 2.21. The van der Waals surface area contributed by atoms with Gasteiger partial charge in [0.2, 0.25) is 0 Å². The van der Waals surface area contributed by atoms with Gasteiger partial charge in [-0.25, -0.2) is 0 Å². The number of methoxy groups -OCH3 is 2. The Balaban J connectivity index is 1.53. The average molecular weight is 418 g/mol. The number of ether oxygens (including phenoxy) is 2. The van der Waals surface area contributed by atoms with Crippen LogP contribution in [0.3, 0.4) is 0 Å². The molecule has 0 aromatic heterocycles. The van der Waals surface area contributed by atoms with Crippen LogP contribution < -0.4 is 14.8 Å². The Hall–Kier alpha value is -1.99. The number of hydrogen-bond acceptors (Lipinski definition) is 5. The summed E-state index contributed by atoms with van der Waals surface area (Å²) >= 11 is 0. The van der Waals surface area contributed by atoms with Gasteiger partial charge in [-0.05, 0) is 57.0 Å². The highest BCUT2D eigenvalue weighted by molar-refractivity contribution is 5.80. The molecule has 0 amide bonds. The molecule has 7 nitrogen and oxygen atoms in total. The van der Waals surface area contributed by atoms with Crippen molar-refractivity contribution in [1.29, 1.82) is 0 Å². The van der Waals surface area contributed by atoms with Crippen LogP contribution in [-0.2, 0) is 6.54 Å². The van der Waals surface area contributed by atoms with E-state index in [0.717, 1.165) is 63.3 Å². The molecule has 30 heavy (non-hydrogen) atoms. The minimum atomic E-state index is 0.684. The molecule has 1 aromatic carbocycles. The maximum atomic E-state index is 5.45. The van der Waals surface area contributed by atoms with Crippen molar-refractivity contribution in [2.24, 2.45) is 10.9 Å². The minimum absolute atomic E-state index is 0.684. The van der Waals surface area contributed by atoms with Crippen LogP contribution >= 0.6 is 0 Å². The monoisotopic (exact) mass is 417 g/mol. The van der Waals surface area contributed by atoms with Gasteiger partial charge in [-0.15, -0.1) is 0 Å². The van der Waals surface area contributed by atoms with Gasteiger partial charge in [0.05, 0.1) is 14.2 Å². The van der Waals surface area contributed by atoms with Gasteiger partial charge in [0.25, 0.3) is 0 Å². The van der Waals surface area contributed by atoms with Gasteiger partial charge in [-0.1, -0.05) is 6.07 Å². The maximum Gasteiger partial charge on any atom is 0.194 e. The summed E-state index contributed by atoms with van der Waals surface area (Å²) < 4.78 is 10.8. The van der Waals surface area contributed by atoms with E-state index in [-0.39, 0.29) is 0 Å². The molecule has 0 bridgehead atoms. The van der Waals surface area contributed by atoms with Gasteiger partial charge >= 0.3 is 0 Å². The molecule has 0 radical (unpaired) electrons. The Bertz CT molecular complexity index is 688. The molecule has 1 aromatic rings. The molecule has 1 unspecified atom stereocenters. The van der Waals surface area contributed by atoms with Crippen molar-refractivity contribution in [3.8, 4) is 11.5 Å². The number of hydrogen-bond donors (Lipinski definition) is 1. The van der Waals surface area contributed by atoms with Crippen LogP contribution in [0, 0.1) is 5.92 Å². The van der Waals surface area contributed by atoms with Crippen molar-refractivity contribution < 1.29 is 9.47 Å². The van der Waals surface area contributed by atoms with Gasteiger partial charge in [0.1, 0.15) is 0 Å². The Morgan fingerprint density at radius 3 is 2.53 bits per heavy atom. The van der Waals surface area contributed by atoms with E-state index in [1.54, 1.807) is 14.2 Å². The lowest BCUT2D eigenvalue weighted by Gasteiger charge is -2.37. The third-order valence-electron chi connectivity index (χ3n) is 6.08. The summed E-state index contributed by atoms with van der Waals surface area (Å²) in [5, 5.41) is 3.51. The van der Waals surface area contributed by atoms with Crippen LogP contribution in [0.2, 0.25) is 0 Å². The van der Waals surface area contributed by atoms with E-state index >= 15 is 0 Å². The number of aliphatic imine (C=N–C) groups is 1. The van der Waals surface area contributed by atoms with Gasteiger partial charge < -0.3 is 24.6 Å². The molecular weight excluding hydrogens is 378 g/mol. The molecule has 0 spiro atoms. The molecule has 2 heterocycles. The zero-order chi connectivity index (χ0) is 21.3. The standard InChI is InChI=1S/C23H39N5O2/c1-5-24-23(25-16-20-7-6-10-26(2)17-20)28-13-11-27(12-14-28)18-19-8-9-21(29-3)22(15-19)30-4/h8-9,15,20H,5-7,10-14,16-18H2,1-4H3,(H,24,25). The minimum Gasteiger partial charge on any atom is -0.493 e. The second-order valence-electron chi connectivity index (χ2n) is 8.42. The van der Waals surface area contributed by atoms with E-state index < -0.39 is 0 Å². The van der Waals surface area contributed by atoms with Crippen LogP contribution in [0.25, 0.3) is 0 Å². The lowest BCUT2D eigenvalue weighted by atomic mass is 9.99. The second-order valence-corrected chi connectivity index (χ2v) is 8.42. The lowest BCUT2D eigenvalue weighted by Crippen LogP contribution is -2.52. The van der Waals surface area contributed by atoms with E-state index in [1.165, 1.54) is 31.5 Å². The zero-order valence-corrected chi connectivity index (χ0v) is 19.2. The normalized spacial score (nSPS) is 21.5. The van der Waals surface area contributed by atoms with E-state index in [0.29, 0.717) is 5.92 Å². The summed E-state index contributed by atoms with van der Waals surface area (Å²) in [5.41, 5.74) is 1.25. The number of piperazine rings is 1. The van der Waals surface area contributed by atoms with E-state index in [4.69, 9.17) is 14.5 Å². The zero-order valence-electron chi connectivity index (χ0n) is 19.2. The fourth-order valence-electron chi connectivity index (χ4n) is 4.42. The highest BCUT2D eigenvalue weighted by atomic mass is 16.5. The molecular formula is C23H39N5O2. The third-order valence-corrected chi connectivity index (χ3v) is 6.08. The molecule has 1 atom stereocenters. The first-order valence-corrected chi connectivity index (χ1v) is 11.3. The number of rotatable bonds is 7.